The summed E-state index contributed by atoms with van der Waals surface area (Å²) < 4.78 is 11.3. The molecular weight excluding hydrogens is 352 g/mol. The van der Waals surface area contributed by atoms with Crippen LogP contribution >= 0.6 is 0 Å². The maximum atomic E-state index is 10.4. The Balaban J connectivity index is 1.61. The first-order valence-electron chi connectivity index (χ1n) is 10.4. The van der Waals surface area contributed by atoms with Crippen molar-refractivity contribution in [2.24, 2.45) is 11.8 Å². The van der Waals surface area contributed by atoms with Crippen LogP contribution in [-0.2, 0) is 6.54 Å². The molecule has 0 amide bonds. The molecule has 1 fully saturated rings. The highest BCUT2D eigenvalue weighted by Gasteiger charge is 2.26. The van der Waals surface area contributed by atoms with E-state index in [0.29, 0.717) is 17.7 Å². The Morgan fingerprint density at radius 3 is 2.57 bits per heavy atom. The van der Waals surface area contributed by atoms with Crippen LogP contribution < -0.4 is 4.74 Å². The van der Waals surface area contributed by atoms with Gasteiger partial charge in [0.1, 0.15) is 11.5 Å². The van der Waals surface area contributed by atoms with E-state index in [2.05, 4.69) is 24.8 Å². The van der Waals surface area contributed by atoms with Crippen molar-refractivity contribution in [2.45, 2.75) is 59.6 Å². The van der Waals surface area contributed by atoms with Crippen LogP contribution in [0.15, 0.2) is 22.6 Å². The van der Waals surface area contributed by atoms with E-state index < -0.39 is 0 Å². The van der Waals surface area contributed by atoms with Gasteiger partial charge >= 0.3 is 0 Å². The smallest absolute Gasteiger partial charge is 0.226 e. The van der Waals surface area contributed by atoms with Crippen molar-refractivity contribution < 1.29 is 14.3 Å². The van der Waals surface area contributed by atoms with Crippen molar-refractivity contribution in [1.29, 1.82) is 0 Å². The molecule has 1 aromatic heterocycles. The first-order valence-corrected chi connectivity index (χ1v) is 10.4. The minimum Gasteiger partial charge on any atom is -0.496 e. The molecule has 0 bridgehead atoms. The molecule has 1 aliphatic heterocycles. The first kappa shape index (κ1) is 20.9. The largest absolute Gasteiger partial charge is 0.496 e. The predicted octanol–water partition coefficient (Wildman–Crippen LogP) is 4.59. The van der Waals surface area contributed by atoms with Gasteiger partial charge in [-0.1, -0.05) is 13.8 Å². The van der Waals surface area contributed by atoms with Crippen LogP contribution in [0.25, 0.3) is 11.5 Å². The molecule has 1 aliphatic rings. The Hall–Kier alpha value is -1.85. The van der Waals surface area contributed by atoms with Gasteiger partial charge in [0.05, 0.1) is 18.9 Å². The zero-order chi connectivity index (χ0) is 20.3. The minimum atomic E-state index is -0.166. The average Bonchev–Trinajstić information content (AvgIpc) is 3.02. The second-order valence-electron chi connectivity index (χ2n) is 8.52. The molecule has 5 nitrogen and oxygen atoms in total. The number of nitrogens with zero attached hydrogens (tertiary/aromatic N) is 2. The number of piperidine rings is 1. The molecule has 3 rings (SSSR count). The van der Waals surface area contributed by atoms with Crippen LogP contribution in [0.5, 0.6) is 5.75 Å². The van der Waals surface area contributed by atoms with E-state index in [1.807, 2.05) is 26.0 Å². The van der Waals surface area contributed by atoms with Gasteiger partial charge in [0.2, 0.25) is 5.89 Å². The third-order valence-corrected chi connectivity index (χ3v) is 5.80. The van der Waals surface area contributed by atoms with Crippen LogP contribution in [0, 0.1) is 25.7 Å². The Labute approximate surface area is 168 Å². The minimum absolute atomic E-state index is 0.166. The van der Waals surface area contributed by atoms with E-state index in [4.69, 9.17) is 14.1 Å². The van der Waals surface area contributed by atoms with E-state index in [9.17, 15) is 5.11 Å². The van der Waals surface area contributed by atoms with Crippen LogP contribution in [0.3, 0.4) is 0 Å². The van der Waals surface area contributed by atoms with Crippen LogP contribution in [0.4, 0.5) is 0 Å². The monoisotopic (exact) mass is 386 g/mol. The number of aryl methyl sites for hydroxylation is 2. The summed E-state index contributed by atoms with van der Waals surface area (Å²) in [5.41, 5.74) is 3.05. The van der Waals surface area contributed by atoms with Gasteiger partial charge in [-0.05, 0) is 81.8 Å². The Bertz CT molecular complexity index is 776. The van der Waals surface area contributed by atoms with Gasteiger partial charge in [-0.3, -0.25) is 4.90 Å². The molecule has 154 valence electrons. The lowest BCUT2D eigenvalue weighted by Gasteiger charge is -2.34. The maximum absolute atomic E-state index is 10.4. The number of ether oxygens (including phenoxy) is 1. The van der Waals surface area contributed by atoms with Crippen molar-refractivity contribution in [3.63, 3.8) is 0 Å². The summed E-state index contributed by atoms with van der Waals surface area (Å²) in [5.74, 6) is 3.39. The lowest BCUT2D eigenvalue weighted by molar-refractivity contribution is 0.0433. The highest BCUT2D eigenvalue weighted by Crippen LogP contribution is 2.29. The normalized spacial score (nSPS) is 17.2. The van der Waals surface area contributed by atoms with Gasteiger partial charge in [-0.15, -0.1) is 0 Å². The highest BCUT2D eigenvalue weighted by atomic mass is 16.5. The molecule has 1 aromatic carbocycles. The molecule has 0 unspecified atom stereocenters. The van der Waals surface area contributed by atoms with Gasteiger partial charge in [-0.25, -0.2) is 4.98 Å². The molecule has 1 saturated heterocycles. The molecule has 0 radical (unpaired) electrons. The number of methoxy groups -OCH3 is 1. The van der Waals surface area contributed by atoms with Gasteiger partial charge < -0.3 is 14.3 Å². The maximum Gasteiger partial charge on any atom is 0.226 e. The molecule has 2 heterocycles. The van der Waals surface area contributed by atoms with E-state index in [-0.39, 0.29) is 6.10 Å². The van der Waals surface area contributed by atoms with Crippen molar-refractivity contribution in [3.8, 4) is 17.2 Å². The summed E-state index contributed by atoms with van der Waals surface area (Å²) in [6.45, 7) is 11.2. The van der Waals surface area contributed by atoms with Crippen LogP contribution in [-0.4, -0.2) is 41.3 Å². The zero-order valence-corrected chi connectivity index (χ0v) is 17.9. The number of rotatable bonds is 7. The van der Waals surface area contributed by atoms with Gasteiger partial charge in [0.15, 0.2) is 0 Å². The van der Waals surface area contributed by atoms with E-state index in [1.54, 1.807) is 7.11 Å². The average molecular weight is 387 g/mol. The van der Waals surface area contributed by atoms with Gasteiger partial charge in [-0.2, -0.15) is 0 Å². The molecule has 0 aliphatic carbocycles. The SMILES string of the molecule is COc1ccc(-c2nc(CN3CCC([C@H](O)CC(C)C)CC3)c(C)o2)cc1C. The number of aliphatic hydroxyl groups is 1. The summed E-state index contributed by atoms with van der Waals surface area (Å²) in [6.07, 6.45) is 2.84. The van der Waals surface area contributed by atoms with Gasteiger partial charge in [0, 0.05) is 12.1 Å². The summed E-state index contributed by atoms with van der Waals surface area (Å²) >= 11 is 0. The fraction of sp³-hybridized carbons (Fsp3) is 0.609. The summed E-state index contributed by atoms with van der Waals surface area (Å²) in [5, 5.41) is 10.4. The summed E-state index contributed by atoms with van der Waals surface area (Å²) in [4.78, 5) is 7.19. The number of aliphatic hydroxyl groups excluding tert-OH is 1. The number of aromatic nitrogens is 1. The third kappa shape index (κ3) is 4.95. The Morgan fingerprint density at radius 1 is 1.25 bits per heavy atom. The molecule has 28 heavy (non-hydrogen) atoms. The Morgan fingerprint density at radius 2 is 1.96 bits per heavy atom. The number of likely N-dealkylation sites (tertiary alicyclic amines) is 1. The number of hydrogen-bond donors (Lipinski definition) is 1. The molecule has 0 spiro atoms. The number of oxazole rings is 1. The molecule has 0 saturated carbocycles. The van der Waals surface area contributed by atoms with Crippen molar-refractivity contribution in [3.05, 3.63) is 35.2 Å². The first-order chi connectivity index (χ1) is 13.4. The van der Waals surface area contributed by atoms with Crippen LogP contribution in [0.2, 0.25) is 0 Å². The lowest BCUT2D eigenvalue weighted by Crippen LogP contribution is -2.38. The predicted molar refractivity (Wildman–Crippen MR) is 111 cm³/mol. The highest BCUT2D eigenvalue weighted by molar-refractivity contribution is 5.57. The van der Waals surface area contributed by atoms with Crippen molar-refractivity contribution >= 4 is 0 Å². The fourth-order valence-corrected chi connectivity index (χ4v) is 4.09. The zero-order valence-electron chi connectivity index (χ0n) is 17.9. The summed E-state index contributed by atoms with van der Waals surface area (Å²) in [7, 11) is 1.68. The van der Waals surface area contributed by atoms with Crippen molar-refractivity contribution in [1.82, 2.24) is 9.88 Å². The van der Waals surface area contributed by atoms with Gasteiger partial charge in [0.25, 0.3) is 0 Å². The molecule has 5 heteroatoms. The second kappa shape index (κ2) is 9.10. The van der Waals surface area contributed by atoms with E-state index in [1.165, 1.54) is 0 Å². The molecular formula is C23H34N2O3. The van der Waals surface area contributed by atoms with Crippen LogP contribution in [0.1, 0.15) is 50.1 Å². The number of benzene rings is 1. The fourth-order valence-electron chi connectivity index (χ4n) is 4.09. The van der Waals surface area contributed by atoms with Crippen molar-refractivity contribution in [2.75, 3.05) is 20.2 Å². The van der Waals surface area contributed by atoms with E-state index >= 15 is 0 Å². The second-order valence-corrected chi connectivity index (χ2v) is 8.52. The third-order valence-electron chi connectivity index (χ3n) is 5.80. The standard InChI is InChI=1S/C23H34N2O3/c1-15(2)12-21(26)18-8-10-25(11-9-18)14-20-17(4)28-23(24-20)19-6-7-22(27-5)16(3)13-19/h6-7,13,15,18,21,26H,8-12,14H2,1-5H3/t21-/m1/s1. The number of hydrogen-bond acceptors (Lipinski definition) is 5. The molecule has 1 atom stereocenters. The summed E-state index contributed by atoms with van der Waals surface area (Å²) in [6, 6.07) is 6.00. The molecule has 2 aromatic rings. The lowest BCUT2D eigenvalue weighted by atomic mass is 9.87. The molecule has 1 N–H and O–H groups in total. The Kier molecular flexibility index (Phi) is 6.78. The quantitative estimate of drug-likeness (QED) is 0.754. The van der Waals surface area contributed by atoms with E-state index in [0.717, 1.165) is 67.2 Å². The topological polar surface area (TPSA) is 58.7 Å².